The molecule has 0 aliphatic rings. The molecule has 1 N–H and O–H groups in total. The van der Waals surface area contributed by atoms with Crippen LogP contribution in [0.25, 0.3) is 0 Å². The molecule has 2 aromatic carbocycles. The molecule has 0 spiro atoms. The van der Waals surface area contributed by atoms with Crippen molar-refractivity contribution in [3.63, 3.8) is 0 Å². The summed E-state index contributed by atoms with van der Waals surface area (Å²) in [6, 6.07) is 14.9. The molecule has 5 heteroatoms. The van der Waals surface area contributed by atoms with Gasteiger partial charge in [-0.25, -0.2) is 5.43 Å². The van der Waals surface area contributed by atoms with E-state index in [1.165, 1.54) is 0 Å². The second-order valence-electron chi connectivity index (χ2n) is 4.54. The first-order valence-corrected chi connectivity index (χ1v) is 7.55. The zero-order valence-corrected chi connectivity index (χ0v) is 13.8. The van der Waals surface area contributed by atoms with Crippen LogP contribution in [-0.4, -0.2) is 11.6 Å². The maximum Gasteiger partial charge on any atom is 0.244 e. The van der Waals surface area contributed by atoms with E-state index in [2.05, 4.69) is 26.5 Å². The summed E-state index contributed by atoms with van der Waals surface area (Å²) >= 11 is 9.18. The smallest absolute Gasteiger partial charge is 0.244 e. The SMILES string of the molecule is CC(=NNC(=O)Cc1ccc(Cl)cc1)c1ccc(Br)cc1. The number of nitrogens with zero attached hydrogens (tertiary/aromatic N) is 1. The number of hydrogen-bond donors (Lipinski definition) is 1. The molecular weight excluding hydrogens is 352 g/mol. The van der Waals surface area contributed by atoms with Crippen molar-refractivity contribution in [1.29, 1.82) is 0 Å². The van der Waals surface area contributed by atoms with Crippen LogP contribution >= 0.6 is 27.5 Å². The van der Waals surface area contributed by atoms with Gasteiger partial charge in [-0.2, -0.15) is 5.10 Å². The Kier molecular flexibility index (Phi) is 5.53. The van der Waals surface area contributed by atoms with Crippen molar-refractivity contribution in [1.82, 2.24) is 5.43 Å². The summed E-state index contributed by atoms with van der Waals surface area (Å²) in [5.41, 5.74) is 5.18. The molecule has 0 aliphatic heterocycles. The lowest BCUT2D eigenvalue weighted by Crippen LogP contribution is -2.21. The molecule has 0 saturated carbocycles. The van der Waals surface area contributed by atoms with Gasteiger partial charge in [-0.3, -0.25) is 4.79 Å². The van der Waals surface area contributed by atoms with Gasteiger partial charge in [-0.1, -0.05) is 51.8 Å². The number of hydrazone groups is 1. The fourth-order valence-corrected chi connectivity index (χ4v) is 2.12. The second kappa shape index (κ2) is 7.38. The van der Waals surface area contributed by atoms with Gasteiger partial charge in [0, 0.05) is 9.50 Å². The zero-order chi connectivity index (χ0) is 15.2. The largest absolute Gasteiger partial charge is 0.273 e. The van der Waals surface area contributed by atoms with E-state index >= 15 is 0 Å². The Morgan fingerprint density at radius 1 is 1.14 bits per heavy atom. The van der Waals surface area contributed by atoms with Crippen LogP contribution in [0.3, 0.4) is 0 Å². The lowest BCUT2D eigenvalue weighted by molar-refractivity contribution is -0.120. The van der Waals surface area contributed by atoms with E-state index in [0.29, 0.717) is 5.02 Å². The number of benzene rings is 2. The molecule has 21 heavy (non-hydrogen) atoms. The summed E-state index contributed by atoms with van der Waals surface area (Å²) in [7, 11) is 0. The number of carbonyl (C=O) groups excluding carboxylic acids is 1. The van der Waals surface area contributed by atoms with Gasteiger partial charge in [0.1, 0.15) is 0 Å². The molecule has 2 rings (SSSR count). The van der Waals surface area contributed by atoms with Crippen molar-refractivity contribution < 1.29 is 4.79 Å². The summed E-state index contributed by atoms with van der Waals surface area (Å²) in [4.78, 5) is 11.8. The molecule has 108 valence electrons. The molecule has 0 bridgehead atoms. The van der Waals surface area contributed by atoms with E-state index in [1.54, 1.807) is 12.1 Å². The van der Waals surface area contributed by atoms with Gasteiger partial charge in [-0.15, -0.1) is 0 Å². The molecule has 1 amide bonds. The highest BCUT2D eigenvalue weighted by Gasteiger charge is 2.03. The van der Waals surface area contributed by atoms with Gasteiger partial charge in [0.05, 0.1) is 12.1 Å². The van der Waals surface area contributed by atoms with Crippen LogP contribution in [0.2, 0.25) is 5.02 Å². The topological polar surface area (TPSA) is 41.5 Å². The molecule has 3 nitrogen and oxygen atoms in total. The van der Waals surface area contributed by atoms with Crippen LogP contribution in [0.1, 0.15) is 18.1 Å². The highest BCUT2D eigenvalue weighted by atomic mass is 79.9. The standard InChI is InChI=1S/C16H14BrClN2O/c1-11(13-4-6-14(17)7-5-13)19-20-16(21)10-12-2-8-15(18)9-3-12/h2-9H,10H2,1H3,(H,20,21). The lowest BCUT2D eigenvalue weighted by Gasteiger charge is -2.04. The number of nitrogens with one attached hydrogen (secondary N) is 1. The summed E-state index contributed by atoms with van der Waals surface area (Å²) in [5, 5.41) is 4.77. The second-order valence-corrected chi connectivity index (χ2v) is 5.89. The highest BCUT2D eigenvalue weighted by Crippen LogP contribution is 2.11. The monoisotopic (exact) mass is 364 g/mol. The summed E-state index contributed by atoms with van der Waals surface area (Å²) in [6.45, 7) is 1.85. The fraction of sp³-hybridized carbons (Fsp3) is 0.125. The summed E-state index contributed by atoms with van der Waals surface area (Å²) < 4.78 is 1.01. The van der Waals surface area contributed by atoms with Crippen molar-refractivity contribution >= 4 is 39.1 Å². The van der Waals surface area contributed by atoms with Gasteiger partial charge >= 0.3 is 0 Å². The van der Waals surface area contributed by atoms with Gasteiger partial charge in [-0.05, 0) is 42.3 Å². The number of carbonyl (C=O) groups is 1. The van der Waals surface area contributed by atoms with Crippen LogP contribution < -0.4 is 5.43 Å². The average molecular weight is 366 g/mol. The van der Waals surface area contributed by atoms with Gasteiger partial charge in [0.15, 0.2) is 0 Å². The third kappa shape index (κ3) is 4.99. The van der Waals surface area contributed by atoms with Crippen molar-refractivity contribution in [2.24, 2.45) is 5.10 Å². The van der Waals surface area contributed by atoms with E-state index in [9.17, 15) is 4.79 Å². The fourth-order valence-electron chi connectivity index (χ4n) is 1.73. The van der Waals surface area contributed by atoms with Crippen LogP contribution in [0.5, 0.6) is 0 Å². The lowest BCUT2D eigenvalue weighted by atomic mass is 10.1. The van der Waals surface area contributed by atoms with Crippen LogP contribution in [0.4, 0.5) is 0 Å². The van der Waals surface area contributed by atoms with Gasteiger partial charge in [0.25, 0.3) is 0 Å². The minimum atomic E-state index is -0.159. The van der Waals surface area contributed by atoms with E-state index in [4.69, 9.17) is 11.6 Å². The highest BCUT2D eigenvalue weighted by molar-refractivity contribution is 9.10. The minimum Gasteiger partial charge on any atom is -0.273 e. The molecule has 0 radical (unpaired) electrons. The molecule has 0 unspecified atom stereocenters. The summed E-state index contributed by atoms with van der Waals surface area (Å²) in [6.07, 6.45) is 0.272. The first-order chi connectivity index (χ1) is 10.0. The maximum atomic E-state index is 11.8. The summed E-state index contributed by atoms with van der Waals surface area (Å²) in [5.74, 6) is -0.159. The normalized spacial score (nSPS) is 11.3. The van der Waals surface area contributed by atoms with E-state index in [1.807, 2.05) is 43.3 Å². The average Bonchev–Trinajstić information content (AvgIpc) is 2.48. The molecule has 0 aliphatic carbocycles. The molecule has 0 saturated heterocycles. The van der Waals surface area contributed by atoms with Crippen molar-refractivity contribution in [3.8, 4) is 0 Å². The van der Waals surface area contributed by atoms with Crippen LogP contribution in [-0.2, 0) is 11.2 Å². The number of rotatable bonds is 4. The predicted octanol–water partition coefficient (Wildman–Crippen LogP) is 4.19. The minimum absolute atomic E-state index is 0.159. The van der Waals surface area contributed by atoms with Crippen LogP contribution in [0, 0.1) is 0 Å². The Labute approximate surface area is 137 Å². The Hall–Kier alpha value is -1.65. The number of amides is 1. The molecule has 0 atom stereocenters. The van der Waals surface area contributed by atoms with E-state index in [-0.39, 0.29) is 12.3 Å². The van der Waals surface area contributed by atoms with Gasteiger partial charge < -0.3 is 0 Å². The Balaban J connectivity index is 1.94. The maximum absolute atomic E-state index is 11.8. The Bertz CT molecular complexity index is 651. The first-order valence-electron chi connectivity index (χ1n) is 6.38. The third-order valence-electron chi connectivity index (χ3n) is 2.89. The Morgan fingerprint density at radius 3 is 2.38 bits per heavy atom. The number of halogens is 2. The van der Waals surface area contributed by atoms with Crippen molar-refractivity contribution in [3.05, 3.63) is 69.2 Å². The number of hydrogen-bond acceptors (Lipinski definition) is 2. The van der Waals surface area contributed by atoms with Crippen molar-refractivity contribution in [2.75, 3.05) is 0 Å². The molecule has 0 aromatic heterocycles. The van der Waals surface area contributed by atoms with Crippen molar-refractivity contribution in [2.45, 2.75) is 13.3 Å². The van der Waals surface area contributed by atoms with Gasteiger partial charge in [0.2, 0.25) is 5.91 Å². The van der Waals surface area contributed by atoms with E-state index < -0.39 is 0 Å². The zero-order valence-electron chi connectivity index (χ0n) is 11.4. The third-order valence-corrected chi connectivity index (χ3v) is 3.67. The molecule has 0 heterocycles. The Morgan fingerprint density at radius 2 is 1.76 bits per heavy atom. The predicted molar refractivity (Wildman–Crippen MR) is 89.7 cm³/mol. The molecule has 2 aromatic rings. The first kappa shape index (κ1) is 15.7. The van der Waals surface area contributed by atoms with Crippen LogP contribution in [0.15, 0.2) is 58.1 Å². The molecular formula is C16H14BrClN2O. The quantitative estimate of drug-likeness (QED) is 0.641. The van der Waals surface area contributed by atoms with E-state index in [0.717, 1.165) is 21.3 Å². The molecule has 0 fully saturated rings.